The minimum Gasteiger partial charge on any atom is -0.285 e. The Morgan fingerprint density at radius 3 is 2.20 bits per heavy atom. The lowest BCUT2D eigenvalue weighted by molar-refractivity contribution is 0.220. The summed E-state index contributed by atoms with van der Waals surface area (Å²) in [4.78, 5) is 0. The molecule has 0 rings (SSSR count). The molecule has 0 aliphatic carbocycles. The first-order chi connectivity index (χ1) is 4.68. The van der Waals surface area contributed by atoms with E-state index >= 15 is 0 Å². The maximum Gasteiger partial charge on any atom is 0.507 e. The highest BCUT2D eigenvalue weighted by molar-refractivity contribution is 7.50. The molecule has 0 aromatic rings. The Kier molecular flexibility index (Phi) is 5.72. The standard InChI is InChI=1S/C3H7Cl2O4P/c1-2-3-7-10(6,8-4)9-5/h2-3H2,1H3. The van der Waals surface area contributed by atoms with Crippen LogP contribution in [0.2, 0.25) is 0 Å². The van der Waals surface area contributed by atoms with Gasteiger partial charge in [0.05, 0.1) is 30.3 Å². The quantitative estimate of drug-likeness (QED) is 0.653. The highest BCUT2D eigenvalue weighted by atomic mass is 35.5. The van der Waals surface area contributed by atoms with Crippen LogP contribution < -0.4 is 0 Å². The Labute approximate surface area is 69.3 Å². The van der Waals surface area contributed by atoms with Gasteiger partial charge in [-0.15, -0.1) is 0 Å². The van der Waals surface area contributed by atoms with Crippen molar-refractivity contribution in [2.75, 3.05) is 6.61 Å². The lowest BCUT2D eigenvalue weighted by Crippen LogP contribution is -1.91. The fourth-order valence-electron chi connectivity index (χ4n) is 0.254. The van der Waals surface area contributed by atoms with E-state index in [1.165, 1.54) is 0 Å². The van der Waals surface area contributed by atoms with Crippen molar-refractivity contribution in [3.8, 4) is 0 Å². The smallest absolute Gasteiger partial charge is 0.285 e. The normalized spacial score (nSPS) is 11.9. The van der Waals surface area contributed by atoms with Crippen LogP contribution in [-0.4, -0.2) is 6.61 Å². The first-order valence-corrected chi connectivity index (χ1v) is 4.61. The van der Waals surface area contributed by atoms with Crippen LogP contribution in [0.1, 0.15) is 13.3 Å². The van der Waals surface area contributed by atoms with Crippen molar-refractivity contribution in [2.45, 2.75) is 13.3 Å². The van der Waals surface area contributed by atoms with Crippen LogP contribution in [0.25, 0.3) is 0 Å². The van der Waals surface area contributed by atoms with Gasteiger partial charge in [0.2, 0.25) is 0 Å². The van der Waals surface area contributed by atoms with Crippen LogP contribution in [0.5, 0.6) is 0 Å². The minimum absolute atomic E-state index is 0.219. The van der Waals surface area contributed by atoms with E-state index in [2.05, 4.69) is 12.7 Å². The monoisotopic (exact) mass is 208 g/mol. The molecule has 0 radical (unpaired) electrons. The second-order valence-electron chi connectivity index (χ2n) is 1.42. The number of rotatable bonds is 5. The van der Waals surface area contributed by atoms with Gasteiger partial charge >= 0.3 is 7.82 Å². The average Bonchev–Trinajstić information content (AvgIpc) is 2.00. The molecule has 0 unspecified atom stereocenters. The summed E-state index contributed by atoms with van der Waals surface area (Å²) in [6.07, 6.45) is 0.671. The highest BCUT2D eigenvalue weighted by Gasteiger charge is 2.25. The van der Waals surface area contributed by atoms with Gasteiger partial charge < -0.3 is 0 Å². The first kappa shape index (κ1) is 10.7. The van der Waals surface area contributed by atoms with Gasteiger partial charge in [-0.05, 0) is 6.42 Å². The number of hydrogen-bond acceptors (Lipinski definition) is 4. The predicted molar refractivity (Wildman–Crippen MR) is 37.7 cm³/mol. The molecule has 62 valence electrons. The van der Waals surface area contributed by atoms with E-state index in [4.69, 9.17) is 23.7 Å². The Morgan fingerprint density at radius 2 is 1.90 bits per heavy atom. The van der Waals surface area contributed by atoms with Crippen LogP contribution in [0.3, 0.4) is 0 Å². The zero-order valence-electron chi connectivity index (χ0n) is 5.25. The molecule has 0 heterocycles. The molecule has 0 N–H and O–H groups in total. The molecule has 4 nitrogen and oxygen atoms in total. The molecule has 10 heavy (non-hydrogen) atoms. The van der Waals surface area contributed by atoms with Gasteiger partial charge in [-0.2, -0.15) is 8.15 Å². The number of hydrogen-bond donors (Lipinski definition) is 0. The van der Waals surface area contributed by atoms with Gasteiger partial charge in [-0.25, -0.2) is 4.57 Å². The van der Waals surface area contributed by atoms with Crippen molar-refractivity contribution >= 4 is 31.6 Å². The molecule has 7 heteroatoms. The summed E-state index contributed by atoms with van der Waals surface area (Å²) in [5, 5.41) is 0. The molecule has 0 saturated heterocycles. The SMILES string of the molecule is CCCOP(=O)(OCl)OCl. The topological polar surface area (TPSA) is 44.8 Å². The van der Waals surface area contributed by atoms with E-state index in [0.29, 0.717) is 6.42 Å². The van der Waals surface area contributed by atoms with E-state index in [9.17, 15) is 4.57 Å². The maximum absolute atomic E-state index is 10.8. The molecule has 0 aliphatic heterocycles. The summed E-state index contributed by atoms with van der Waals surface area (Å²) >= 11 is 9.49. The van der Waals surface area contributed by atoms with E-state index in [-0.39, 0.29) is 6.61 Å². The summed E-state index contributed by atoms with van der Waals surface area (Å²) < 4.78 is 23.0. The van der Waals surface area contributed by atoms with E-state index in [0.717, 1.165) is 0 Å². The maximum atomic E-state index is 10.8. The molecular formula is C3H7Cl2O4P. The number of phosphoric acid groups is 1. The van der Waals surface area contributed by atoms with Gasteiger partial charge in [-0.1, -0.05) is 6.92 Å². The van der Waals surface area contributed by atoms with Crippen LogP contribution in [0, 0.1) is 0 Å². The molecule has 0 atom stereocenters. The zero-order valence-corrected chi connectivity index (χ0v) is 7.66. The molecular weight excluding hydrogens is 202 g/mol. The van der Waals surface area contributed by atoms with E-state index in [1.807, 2.05) is 6.92 Å². The molecule has 0 amide bonds. The van der Waals surface area contributed by atoms with Gasteiger partial charge in [0.1, 0.15) is 0 Å². The van der Waals surface area contributed by atoms with Crippen LogP contribution in [0.15, 0.2) is 0 Å². The van der Waals surface area contributed by atoms with Crippen molar-refractivity contribution in [1.82, 2.24) is 0 Å². The third kappa shape index (κ3) is 3.76. The van der Waals surface area contributed by atoms with Crippen LogP contribution in [-0.2, 0) is 17.2 Å². The lowest BCUT2D eigenvalue weighted by atomic mass is 10.5. The fourth-order valence-corrected chi connectivity index (χ4v) is 1.26. The fraction of sp³-hybridized carbons (Fsp3) is 1.00. The summed E-state index contributed by atoms with van der Waals surface area (Å²) in [5.74, 6) is 0. The Morgan fingerprint density at radius 1 is 1.40 bits per heavy atom. The van der Waals surface area contributed by atoms with Gasteiger partial charge in [0, 0.05) is 0 Å². The van der Waals surface area contributed by atoms with E-state index < -0.39 is 7.82 Å². The molecule has 0 fully saturated rings. The largest absolute Gasteiger partial charge is 0.507 e. The average molecular weight is 209 g/mol. The first-order valence-electron chi connectivity index (χ1n) is 2.53. The number of halogens is 2. The Hall–Kier alpha value is 0.690. The van der Waals surface area contributed by atoms with Crippen molar-refractivity contribution < 1.29 is 17.2 Å². The van der Waals surface area contributed by atoms with Crippen molar-refractivity contribution in [1.29, 1.82) is 0 Å². The summed E-state index contributed by atoms with van der Waals surface area (Å²) in [6.45, 7) is 2.05. The highest BCUT2D eigenvalue weighted by Crippen LogP contribution is 2.51. The van der Waals surface area contributed by atoms with Crippen molar-refractivity contribution in [2.24, 2.45) is 0 Å². The minimum atomic E-state index is -3.67. The molecule has 0 aromatic heterocycles. The molecule has 0 bridgehead atoms. The third-order valence-electron chi connectivity index (χ3n) is 0.623. The molecule has 0 saturated carbocycles. The van der Waals surface area contributed by atoms with Crippen LogP contribution >= 0.6 is 31.6 Å². The molecule has 0 spiro atoms. The Balaban J connectivity index is 3.70. The second kappa shape index (κ2) is 5.35. The van der Waals surface area contributed by atoms with Crippen molar-refractivity contribution in [3.05, 3.63) is 0 Å². The predicted octanol–water partition coefficient (Wildman–Crippen LogP) is 2.86. The Bertz CT molecular complexity index is 122. The van der Waals surface area contributed by atoms with Crippen molar-refractivity contribution in [3.63, 3.8) is 0 Å². The summed E-state index contributed by atoms with van der Waals surface area (Å²) in [7, 11) is -3.67. The lowest BCUT2D eigenvalue weighted by Gasteiger charge is -2.07. The summed E-state index contributed by atoms with van der Waals surface area (Å²) in [6, 6.07) is 0. The molecule has 0 aromatic carbocycles. The van der Waals surface area contributed by atoms with Gasteiger partial charge in [0.15, 0.2) is 0 Å². The summed E-state index contributed by atoms with van der Waals surface area (Å²) in [5.41, 5.74) is 0. The van der Waals surface area contributed by atoms with Crippen LogP contribution in [0.4, 0.5) is 0 Å². The zero-order chi connectivity index (χ0) is 8.04. The second-order valence-corrected chi connectivity index (χ2v) is 3.68. The molecule has 0 aliphatic rings. The van der Waals surface area contributed by atoms with Gasteiger partial charge in [-0.3, -0.25) is 4.52 Å². The third-order valence-corrected chi connectivity index (χ3v) is 2.47. The van der Waals surface area contributed by atoms with Gasteiger partial charge in [0.25, 0.3) is 0 Å². The van der Waals surface area contributed by atoms with E-state index in [1.54, 1.807) is 0 Å².